The molecule has 59 heavy (non-hydrogen) atoms. The van der Waals surface area contributed by atoms with Gasteiger partial charge < -0.3 is 0 Å². The van der Waals surface area contributed by atoms with Crippen LogP contribution in [0, 0.1) is 0 Å². The van der Waals surface area contributed by atoms with Crippen LogP contribution in [0.25, 0.3) is 120 Å². The van der Waals surface area contributed by atoms with Gasteiger partial charge in [0.15, 0.2) is 0 Å². The number of hydrogen-bond acceptors (Lipinski definition) is 5. The molecule has 12 aromatic rings. The van der Waals surface area contributed by atoms with Crippen molar-refractivity contribution in [3.8, 4) is 56.0 Å². The van der Waals surface area contributed by atoms with E-state index in [1.165, 1.54) is 20.2 Å². The maximum absolute atomic E-state index is 5.32. The lowest BCUT2D eigenvalue weighted by Gasteiger charge is -2.11. The van der Waals surface area contributed by atoms with Crippen LogP contribution in [-0.2, 0) is 0 Å². The van der Waals surface area contributed by atoms with E-state index >= 15 is 0 Å². The van der Waals surface area contributed by atoms with Crippen LogP contribution in [0.4, 0.5) is 0 Å². The molecular weight excluding hydrogens is 737 g/mol. The Hall–Kier alpha value is -7.60. The lowest BCUT2D eigenvalue weighted by atomic mass is 9.96. The van der Waals surface area contributed by atoms with E-state index in [1.807, 2.05) is 23.6 Å². The number of pyridine rings is 4. The molecule has 0 aliphatic carbocycles. The third-order valence-electron chi connectivity index (χ3n) is 11.5. The molecule has 0 atom stereocenters. The predicted octanol–water partition coefficient (Wildman–Crippen LogP) is 14.6. The number of fused-ring (bicyclic) bond motifs is 9. The highest BCUT2D eigenvalue weighted by Crippen LogP contribution is 2.40. The molecule has 5 heterocycles. The van der Waals surface area contributed by atoms with E-state index in [0.717, 1.165) is 99.6 Å². The van der Waals surface area contributed by atoms with Gasteiger partial charge in [-0.25, -0.2) is 15.0 Å². The van der Waals surface area contributed by atoms with Gasteiger partial charge in [0.1, 0.15) is 0 Å². The first-order valence-corrected chi connectivity index (χ1v) is 20.6. The molecule has 274 valence electrons. The SMILES string of the molecule is c1cc(-c2cccc(-c3ccc4ccc5cccnc5c4n3)c2)cc(-c2cccc(-c3ccc4ccc5ccc(-c6cccc7c6sc6ccccc67)nc5c4n3)c2)c1. The van der Waals surface area contributed by atoms with Gasteiger partial charge in [-0.3, -0.25) is 4.98 Å². The average molecular weight is 769 g/mol. The second-order valence-corrected chi connectivity index (χ2v) is 16.1. The van der Waals surface area contributed by atoms with E-state index in [9.17, 15) is 0 Å². The maximum atomic E-state index is 5.32. The minimum Gasteiger partial charge on any atom is -0.254 e. The Kier molecular flexibility index (Phi) is 7.68. The van der Waals surface area contributed by atoms with Crippen molar-refractivity contribution < 1.29 is 0 Å². The van der Waals surface area contributed by atoms with E-state index < -0.39 is 0 Å². The molecule has 5 aromatic heterocycles. The van der Waals surface area contributed by atoms with Gasteiger partial charge in [0, 0.05) is 64.6 Å². The largest absolute Gasteiger partial charge is 0.254 e. The molecule has 0 fully saturated rings. The lowest BCUT2D eigenvalue weighted by Crippen LogP contribution is -1.91. The Bertz CT molecular complexity index is 3640. The number of hydrogen-bond donors (Lipinski definition) is 0. The van der Waals surface area contributed by atoms with Crippen LogP contribution in [0.5, 0.6) is 0 Å². The Morgan fingerprint density at radius 1 is 0.322 bits per heavy atom. The molecule has 5 heteroatoms. The van der Waals surface area contributed by atoms with E-state index in [4.69, 9.17) is 15.0 Å². The zero-order valence-electron chi connectivity index (χ0n) is 31.7. The summed E-state index contributed by atoms with van der Waals surface area (Å²) >= 11 is 1.83. The predicted molar refractivity (Wildman–Crippen MR) is 248 cm³/mol. The molecule has 0 N–H and O–H groups in total. The molecule has 0 spiro atoms. The molecule has 12 rings (SSSR count). The lowest BCUT2D eigenvalue weighted by molar-refractivity contribution is 1.37. The summed E-state index contributed by atoms with van der Waals surface area (Å²) in [6, 6.07) is 66.7. The molecule has 0 radical (unpaired) electrons. The summed E-state index contributed by atoms with van der Waals surface area (Å²) in [4.78, 5) is 20.4. The molecular formula is C54H32N4S. The van der Waals surface area contributed by atoms with Crippen LogP contribution < -0.4 is 0 Å². The van der Waals surface area contributed by atoms with Crippen molar-refractivity contribution >= 4 is 75.1 Å². The molecule has 4 nitrogen and oxygen atoms in total. The summed E-state index contributed by atoms with van der Waals surface area (Å²) in [5.41, 5.74) is 14.3. The highest BCUT2D eigenvalue weighted by molar-refractivity contribution is 7.26. The van der Waals surface area contributed by atoms with E-state index in [1.54, 1.807) is 0 Å². The number of rotatable bonds is 5. The molecule has 0 aliphatic heterocycles. The standard InChI is InChI=1S/C54H32N4S/c1-2-18-49-43(15-1)44-16-6-17-45(54(44)59-49)48-28-25-36-22-21-35-24-27-47(57-52(35)53(36)58-48)42-13-5-11-40(32-42)38-9-3-8-37(30-38)39-10-4-12-41(31-39)46-26-23-34-20-19-33-14-7-29-55-50(33)51(34)56-46/h1-32H. The summed E-state index contributed by atoms with van der Waals surface area (Å²) in [5, 5.41) is 6.88. The van der Waals surface area contributed by atoms with Gasteiger partial charge >= 0.3 is 0 Å². The summed E-state index contributed by atoms with van der Waals surface area (Å²) < 4.78 is 2.55. The van der Waals surface area contributed by atoms with Crippen LogP contribution in [0.2, 0.25) is 0 Å². The average Bonchev–Trinajstić information content (AvgIpc) is 3.70. The zero-order valence-corrected chi connectivity index (χ0v) is 32.5. The fourth-order valence-electron chi connectivity index (χ4n) is 8.51. The van der Waals surface area contributed by atoms with Crippen molar-refractivity contribution in [1.82, 2.24) is 19.9 Å². The van der Waals surface area contributed by atoms with Crippen LogP contribution in [-0.4, -0.2) is 19.9 Å². The number of aromatic nitrogens is 4. The molecule has 7 aromatic carbocycles. The quantitative estimate of drug-likeness (QED) is 0.164. The zero-order chi connectivity index (χ0) is 38.9. The highest BCUT2D eigenvalue weighted by atomic mass is 32.1. The maximum Gasteiger partial charge on any atom is 0.0972 e. The minimum atomic E-state index is 0.906. The van der Waals surface area contributed by atoms with Crippen molar-refractivity contribution in [3.05, 3.63) is 194 Å². The fraction of sp³-hybridized carbons (Fsp3) is 0. The molecule has 0 aliphatic rings. The van der Waals surface area contributed by atoms with E-state index in [0.29, 0.717) is 0 Å². The third kappa shape index (κ3) is 5.74. The summed E-state index contributed by atoms with van der Waals surface area (Å²) in [5.74, 6) is 0. The molecule has 0 saturated heterocycles. The van der Waals surface area contributed by atoms with Gasteiger partial charge in [0.25, 0.3) is 0 Å². The summed E-state index contributed by atoms with van der Waals surface area (Å²) in [7, 11) is 0. The first-order valence-electron chi connectivity index (χ1n) is 19.8. The van der Waals surface area contributed by atoms with Gasteiger partial charge in [-0.15, -0.1) is 11.3 Å². The Morgan fingerprint density at radius 3 is 1.41 bits per heavy atom. The van der Waals surface area contributed by atoms with Gasteiger partial charge in [-0.1, -0.05) is 140 Å². The topological polar surface area (TPSA) is 51.6 Å². The smallest absolute Gasteiger partial charge is 0.0972 e. The van der Waals surface area contributed by atoms with E-state index in [-0.39, 0.29) is 0 Å². The van der Waals surface area contributed by atoms with E-state index in [2.05, 4.69) is 187 Å². The number of nitrogens with zero attached hydrogens (tertiary/aromatic N) is 4. The monoisotopic (exact) mass is 768 g/mol. The van der Waals surface area contributed by atoms with Crippen LogP contribution in [0.15, 0.2) is 194 Å². The van der Waals surface area contributed by atoms with Crippen molar-refractivity contribution in [1.29, 1.82) is 0 Å². The first-order chi connectivity index (χ1) is 29.2. The summed E-state index contributed by atoms with van der Waals surface area (Å²) in [6.45, 7) is 0. The molecule has 0 saturated carbocycles. The first kappa shape index (κ1) is 33.5. The fourth-order valence-corrected chi connectivity index (χ4v) is 9.73. The minimum absolute atomic E-state index is 0.906. The van der Waals surface area contributed by atoms with Crippen molar-refractivity contribution in [2.45, 2.75) is 0 Å². The van der Waals surface area contributed by atoms with Crippen molar-refractivity contribution in [2.24, 2.45) is 0 Å². The number of thiophene rings is 1. The van der Waals surface area contributed by atoms with Gasteiger partial charge in [0.05, 0.1) is 39.1 Å². The third-order valence-corrected chi connectivity index (χ3v) is 12.7. The van der Waals surface area contributed by atoms with Crippen LogP contribution >= 0.6 is 11.3 Å². The van der Waals surface area contributed by atoms with Gasteiger partial charge in [0.2, 0.25) is 0 Å². The van der Waals surface area contributed by atoms with Gasteiger partial charge in [-0.2, -0.15) is 0 Å². The second kappa shape index (κ2) is 13.5. The van der Waals surface area contributed by atoms with Gasteiger partial charge in [-0.05, 0) is 70.8 Å². The van der Waals surface area contributed by atoms with Crippen LogP contribution in [0.3, 0.4) is 0 Å². The Balaban J connectivity index is 0.895. The van der Waals surface area contributed by atoms with Crippen molar-refractivity contribution in [2.75, 3.05) is 0 Å². The van der Waals surface area contributed by atoms with Crippen LogP contribution in [0.1, 0.15) is 0 Å². The second-order valence-electron chi connectivity index (χ2n) is 15.0. The number of benzene rings is 7. The Labute approximate surface area is 343 Å². The molecule has 0 unspecified atom stereocenters. The molecule has 0 amide bonds. The normalized spacial score (nSPS) is 11.7. The van der Waals surface area contributed by atoms with Crippen molar-refractivity contribution in [3.63, 3.8) is 0 Å². The highest BCUT2D eigenvalue weighted by Gasteiger charge is 2.14. The summed E-state index contributed by atoms with van der Waals surface area (Å²) in [6.07, 6.45) is 1.83. The Morgan fingerprint density at radius 2 is 0.780 bits per heavy atom. The molecule has 0 bridgehead atoms.